The molecule has 0 radical (unpaired) electrons. The topological polar surface area (TPSA) is 66.1 Å². The van der Waals surface area contributed by atoms with E-state index in [-0.39, 0.29) is 12.8 Å². The third kappa shape index (κ3) is 3.67. The zero-order chi connectivity index (χ0) is 17.9. The number of carbonyl (C=O) groups is 1. The second-order valence-electron chi connectivity index (χ2n) is 6.48. The zero-order valence-corrected chi connectivity index (χ0v) is 14.7. The fourth-order valence-corrected chi connectivity index (χ4v) is 3.09. The average molecular weight is 354 g/mol. The number of nitrogens with zero attached hydrogens (tertiary/aromatic N) is 2. The van der Waals surface area contributed by atoms with Gasteiger partial charge in [0.2, 0.25) is 6.79 Å². The molecule has 0 unspecified atom stereocenters. The first kappa shape index (κ1) is 16.5. The lowest BCUT2D eigenvalue weighted by Gasteiger charge is -2.34. The third-order valence-electron chi connectivity index (χ3n) is 4.62. The molecule has 2 amide bonds. The van der Waals surface area contributed by atoms with Gasteiger partial charge in [0, 0.05) is 49.3 Å². The molecule has 7 heteroatoms. The summed E-state index contributed by atoms with van der Waals surface area (Å²) in [5.74, 6) is 1.33. The van der Waals surface area contributed by atoms with E-state index in [0.29, 0.717) is 17.2 Å². The predicted octanol–water partition coefficient (Wildman–Crippen LogP) is 2.81. The Hall–Kier alpha value is -2.93. The minimum absolute atomic E-state index is 0.213. The Morgan fingerprint density at radius 1 is 0.885 bits per heavy atom. The van der Waals surface area contributed by atoms with Crippen molar-refractivity contribution in [3.8, 4) is 11.5 Å². The van der Waals surface area contributed by atoms with Gasteiger partial charge in [-0.15, -0.1) is 0 Å². The maximum atomic E-state index is 12.2. The number of likely N-dealkylation sites (N-methyl/N-ethyl adjacent to an activating group) is 1. The minimum atomic E-state index is -0.295. The summed E-state index contributed by atoms with van der Waals surface area (Å²) in [4.78, 5) is 16.9. The van der Waals surface area contributed by atoms with Crippen LogP contribution in [0.5, 0.6) is 11.5 Å². The molecule has 4 rings (SSSR count). The maximum absolute atomic E-state index is 12.2. The fourth-order valence-electron chi connectivity index (χ4n) is 3.09. The summed E-state index contributed by atoms with van der Waals surface area (Å²) in [7, 11) is 2.14. The van der Waals surface area contributed by atoms with E-state index >= 15 is 0 Å². The highest BCUT2D eigenvalue weighted by molar-refractivity contribution is 6.00. The molecule has 0 aromatic heterocycles. The molecule has 26 heavy (non-hydrogen) atoms. The van der Waals surface area contributed by atoms with Crippen molar-refractivity contribution >= 4 is 23.1 Å². The lowest BCUT2D eigenvalue weighted by atomic mass is 10.2. The number of nitrogens with one attached hydrogen (secondary N) is 2. The Balaban J connectivity index is 1.34. The first-order chi connectivity index (χ1) is 12.7. The van der Waals surface area contributed by atoms with Gasteiger partial charge in [0.25, 0.3) is 0 Å². The number of urea groups is 1. The van der Waals surface area contributed by atoms with Crippen LogP contribution in [-0.2, 0) is 0 Å². The van der Waals surface area contributed by atoms with Crippen LogP contribution in [0.3, 0.4) is 0 Å². The molecule has 7 nitrogen and oxygen atoms in total. The van der Waals surface area contributed by atoms with Crippen molar-refractivity contribution in [2.75, 3.05) is 55.6 Å². The Morgan fingerprint density at radius 2 is 1.54 bits per heavy atom. The molecule has 0 aliphatic carbocycles. The Bertz CT molecular complexity index is 786. The standard InChI is InChI=1S/C19H22N4O3/c1-22-8-10-23(11-9-22)16-5-2-14(3-6-16)20-19(24)21-15-4-7-17-18(12-15)26-13-25-17/h2-7,12H,8-11,13H2,1H3,(H2,20,21,24). The summed E-state index contributed by atoms with van der Waals surface area (Å²) in [6.07, 6.45) is 0. The van der Waals surface area contributed by atoms with Gasteiger partial charge in [-0.25, -0.2) is 4.79 Å². The second-order valence-corrected chi connectivity index (χ2v) is 6.48. The van der Waals surface area contributed by atoms with E-state index in [9.17, 15) is 4.79 Å². The van der Waals surface area contributed by atoms with Crippen molar-refractivity contribution in [1.29, 1.82) is 0 Å². The molecule has 2 N–H and O–H groups in total. The van der Waals surface area contributed by atoms with Crippen LogP contribution in [0.1, 0.15) is 0 Å². The van der Waals surface area contributed by atoms with Crippen LogP contribution in [0.15, 0.2) is 42.5 Å². The number of piperazine rings is 1. The number of rotatable bonds is 3. The van der Waals surface area contributed by atoms with Gasteiger partial charge >= 0.3 is 6.03 Å². The fraction of sp³-hybridized carbons (Fsp3) is 0.316. The molecule has 0 bridgehead atoms. The van der Waals surface area contributed by atoms with Crippen LogP contribution >= 0.6 is 0 Å². The van der Waals surface area contributed by atoms with E-state index in [1.54, 1.807) is 18.2 Å². The Morgan fingerprint density at radius 3 is 2.31 bits per heavy atom. The van der Waals surface area contributed by atoms with Gasteiger partial charge in [-0.2, -0.15) is 0 Å². The van der Waals surface area contributed by atoms with Crippen molar-refractivity contribution in [2.45, 2.75) is 0 Å². The van der Waals surface area contributed by atoms with Crippen molar-refractivity contribution in [3.63, 3.8) is 0 Å². The second kappa shape index (κ2) is 7.13. The summed E-state index contributed by atoms with van der Waals surface area (Å²) in [5.41, 5.74) is 2.58. The first-order valence-electron chi connectivity index (χ1n) is 8.68. The van der Waals surface area contributed by atoms with Crippen LogP contribution in [0.4, 0.5) is 21.9 Å². The summed E-state index contributed by atoms with van der Waals surface area (Å²) >= 11 is 0. The molecular formula is C19H22N4O3. The predicted molar refractivity (Wildman–Crippen MR) is 101 cm³/mol. The monoisotopic (exact) mass is 354 g/mol. The highest BCUT2D eigenvalue weighted by Crippen LogP contribution is 2.34. The molecule has 2 heterocycles. The quantitative estimate of drug-likeness (QED) is 0.887. The maximum Gasteiger partial charge on any atom is 0.323 e. The average Bonchev–Trinajstić information content (AvgIpc) is 3.11. The van der Waals surface area contributed by atoms with E-state index in [2.05, 4.69) is 27.5 Å². The SMILES string of the molecule is CN1CCN(c2ccc(NC(=O)Nc3ccc4c(c3)OCO4)cc2)CC1. The number of hydrogen-bond donors (Lipinski definition) is 2. The third-order valence-corrected chi connectivity index (χ3v) is 4.62. The molecule has 2 aromatic carbocycles. The number of ether oxygens (including phenoxy) is 2. The van der Waals surface area contributed by atoms with Crippen LogP contribution in [0.25, 0.3) is 0 Å². The molecule has 2 aromatic rings. The van der Waals surface area contributed by atoms with Crippen LogP contribution in [-0.4, -0.2) is 51.0 Å². The molecule has 0 saturated carbocycles. The number of carbonyl (C=O) groups excluding carboxylic acids is 1. The van der Waals surface area contributed by atoms with Gasteiger partial charge in [-0.1, -0.05) is 0 Å². The number of anilines is 3. The number of hydrogen-bond acceptors (Lipinski definition) is 5. The van der Waals surface area contributed by atoms with Gasteiger partial charge in [0.15, 0.2) is 11.5 Å². The number of amides is 2. The molecular weight excluding hydrogens is 332 g/mol. The summed E-state index contributed by atoms with van der Waals surface area (Å²) in [6, 6.07) is 12.9. The van der Waals surface area contributed by atoms with E-state index < -0.39 is 0 Å². The smallest absolute Gasteiger partial charge is 0.323 e. The van der Waals surface area contributed by atoms with Crippen molar-refractivity contribution < 1.29 is 14.3 Å². The number of benzene rings is 2. The van der Waals surface area contributed by atoms with E-state index in [4.69, 9.17) is 9.47 Å². The highest BCUT2D eigenvalue weighted by atomic mass is 16.7. The molecule has 0 spiro atoms. The van der Waals surface area contributed by atoms with Gasteiger partial charge in [-0.05, 0) is 43.4 Å². The van der Waals surface area contributed by atoms with E-state index in [1.807, 2.05) is 24.3 Å². The van der Waals surface area contributed by atoms with Crippen molar-refractivity contribution in [1.82, 2.24) is 4.90 Å². The van der Waals surface area contributed by atoms with Crippen molar-refractivity contribution in [3.05, 3.63) is 42.5 Å². The largest absolute Gasteiger partial charge is 0.454 e. The summed E-state index contributed by atoms with van der Waals surface area (Å²) in [5, 5.41) is 5.65. The molecule has 136 valence electrons. The summed E-state index contributed by atoms with van der Waals surface area (Å²) < 4.78 is 10.6. The number of fused-ring (bicyclic) bond motifs is 1. The van der Waals surface area contributed by atoms with Crippen LogP contribution < -0.4 is 25.0 Å². The van der Waals surface area contributed by atoms with Crippen molar-refractivity contribution in [2.24, 2.45) is 0 Å². The van der Waals surface area contributed by atoms with E-state index in [0.717, 1.165) is 31.9 Å². The minimum Gasteiger partial charge on any atom is -0.454 e. The summed E-state index contributed by atoms with van der Waals surface area (Å²) in [6.45, 7) is 4.39. The molecule has 2 aliphatic heterocycles. The van der Waals surface area contributed by atoms with Crippen LogP contribution in [0, 0.1) is 0 Å². The molecule has 2 aliphatic rings. The lowest BCUT2D eigenvalue weighted by Crippen LogP contribution is -2.44. The molecule has 0 atom stereocenters. The van der Waals surface area contributed by atoms with Gasteiger partial charge in [-0.3, -0.25) is 0 Å². The normalized spacial score (nSPS) is 16.4. The highest BCUT2D eigenvalue weighted by Gasteiger charge is 2.15. The molecule has 1 saturated heterocycles. The van der Waals surface area contributed by atoms with Gasteiger partial charge in [0.05, 0.1) is 0 Å². The Labute approximate surface area is 152 Å². The van der Waals surface area contributed by atoms with E-state index in [1.165, 1.54) is 5.69 Å². The lowest BCUT2D eigenvalue weighted by molar-refractivity contribution is 0.174. The van der Waals surface area contributed by atoms with Gasteiger partial charge < -0.3 is 29.9 Å². The van der Waals surface area contributed by atoms with Gasteiger partial charge in [0.1, 0.15) is 0 Å². The van der Waals surface area contributed by atoms with Crippen LogP contribution in [0.2, 0.25) is 0 Å². The first-order valence-corrected chi connectivity index (χ1v) is 8.68. The molecule has 1 fully saturated rings. The Kier molecular flexibility index (Phi) is 4.53. The zero-order valence-electron chi connectivity index (χ0n) is 14.7.